The highest BCUT2D eigenvalue weighted by molar-refractivity contribution is 6.06. The number of carbonyl (C=O) groups is 2. The van der Waals surface area contributed by atoms with Gasteiger partial charge in [-0.05, 0) is 54.4 Å². The molecule has 2 amide bonds. The minimum absolute atomic E-state index is 0.199. The van der Waals surface area contributed by atoms with Crippen LogP contribution in [0.25, 0.3) is 0 Å². The fourth-order valence-electron chi connectivity index (χ4n) is 2.75. The minimum Gasteiger partial charge on any atom is -0.497 e. The molecule has 0 heterocycles. The standard InChI is InChI=1S/C23H22N2O3/c1-28-21-12-10-20(11-13-21)25-23(27)19-9-5-8-18(16-19)22(26)24-15-14-17-6-3-2-4-7-17/h2-13,16H,14-15H2,1H3,(H,24,26)(H,25,27). The summed E-state index contributed by atoms with van der Waals surface area (Å²) in [7, 11) is 1.59. The topological polar surface area (TPSA) is 67.4 Å². The van der Waals surface area contributed by atoms with Crippen molar-refractivity contribution in [3.8, 4) is 5.75 Å². The van der Waals surface area contributed by atoms with Gasteiger partial charge in [0.25, 0.3) is 11.8 Å². The molecule has 28 heavy (non-hydrogen) atoms. The summed E-state index contributed by atoms with van der Waals surface area (Å²) in [5.41, 5.74) is 2.70. The molecule has 5 nitrogen and oxygen atoms in total. The summed E-state index contributed by atoms with van der Waals surface area (Å²) in [6, 6.07) is 23.7. The number of ether oxygens (including phenoxy) is 1. The number of hydrogen-bond acceptors (Lipinski definition) is 3. The van der Waals surface area contributed by atoms with Crippen LogP contribution in [0.4, 0.5) is 5.69 Å². The molecule has 0 spiro atoms. The first kappa shape index (κ1) is 19.2. The SMILES string of the molecule is COc1ccc(NC(=O)c2cccc(C(=O)NCCc3ccccc3)c2)cc1. The molecule has 0 saturated carbocycles. The van der Waals surface area contributed by atoms with Gasteiger partial charge in [-0.15, -0.1) is 0 Å². The number of methoxy groups -OCH3 is 1. The molecule has 2 N–H and O–H groups in total. The largest absolute Gasteiger partial charge is 0.497 e. The third-order valence-electron chi connectivity index (χ3n) is 4.28. The van der Waals surface area contributed by atoms with Crippen LogP contribution in [-0.2, 0) is 6.42 Å². The lowest BCUT2D eigenvalue weighted by molar-refractivity contribution is 0.0954. The van der Waals surface area contributed by atoms with Crippen LogP contribution in [0, 0.1) is 0 Å². The lowest BCUT2D eigenvalue weighted by Crippen LogP contribution is -2.26. The Morgan fingerprint density at radius 1 is 0.821 bits per heavy atom. The van der Waals surface area contributed by atoms with Crippen LogP contribution in [0.5, 0.6) is 5.75 Å². The first-order valence-corrected chi connectivity index (χ1v) is 9.03. The summed E-state index contributed by atoms with van der Waals surface area (Å²) in [4.78, 5) is 24.9. The van der Waals surface area contributed by atoms with Crippen LogP contribution in [-0.4, -0.2) is 25.5 Å². The molecule has 3 aromatic rings. The molecule has 5 heteroatoms. The van der Waals surface area contributed by atoms with Crippen LogP contribution < -0.4 is 15.4 Å². The van der Waals surface area contributed by atoms with E-state index in [0.717, 1.165) is 12.0 Å². The molecule has 0 unspecified atom stereocenters. The second kappa shape index (κ2) is 9.37. The number of anilines is 1. The molecule has 142 valence electrons. The molecule has 3 rings (SSSR count). The smallest absolute Gasteiger partial charge is 0.255 e. The average molecular weight is 374 g/mol. The van der Waals surface area contributed by atoms with Gasteiger partial charge in [-0.1, -0.05) is 36.4 Å². The molecule has 0 fully saturated rings. The first-order valence-electron chi connectivity index (χ1n) is 9.03. The van der Waals surface area contributed by atoms with E-state index in [4.69, 9.17) is 4.74 Å². The van der Waals surface area contributed by atoms with E-state index in [9.17, 15) is 9.59 Å². The molecule has 0 saturated heterocycles. The van der Waals surface area contributed by atoms with E-state index in [-0.39, 0.29) is 11.8 Å². The maximum absolute atomic E-state index is 12.5. The maximum atomic E-state index is 12.5. The van der Waals surface area contributed by atoms with E-state index in [0.29, 0.717) is 29.1 Å². The van der Waals surface area contributed by atoms with Gasteiger partial charge in [0.1, 0.15) is 5.75 Å². The molecule has 0 bridgehead atoms. The summed E-state index contributed by atoms with van der Waals surface area (Å²) in [6.07, 6.45) is 0.754. The van der Waals surface area contributed by atoms with E-state index in [1.807, 2.05) is 30.3 Å². The second-order valence-electron chi connectivity index (χ2n) is 6.25. The van der Waals surface area contributed by atoms with Crippen molar-refractivity contribution in [1.29, 1.82) is 0 Å². The highest BCUT2D eigenvalue weighted by Gasteiger charge is 2.11. The molecule has 0 radical (unpaired) electrons. The molecule has 0 aliphatic heterocycles. The van der Waals surface area contributed by atoms with Crippen LogP contribution in [0.3, 0.4) is 0 Å². The van der Waals surface area contributed by atoms with Crippen molar-refractivity contribution >= 4 is 17.5 Å². The number of carbonyl (C=O) groups excluding carboxylic acids is 2. The van der Waals surface area contributed by atoms with Gasteiger partial charge < -0.3 is 15.4 Å². The first-order chi connectivity index (χ1) is 13.7. The molecule has 0 atom stereocenters. The molecule has 0 aromatic heterocycles. The average Bonchev–Trinajstić information content (AvgIpc) is 2.75. The fourth-order valence-corrected chi connectivity index (χ4v) is 2.75. The van der Waals surface area contributed by atoms with Gasteiger partial charge in [-0.25, -0.2) is 0 Å². The number of hydrogen-bond donors (Lipinski definition) is 2. The van der Waals surface area contributed by atoms with Crippen LogP contribution in [0.1, 0.15) is 26.3 Å². The van der Waals surface area contributed by atoms with Crippen molar-refractivity contribution in [3.05, 3.63) is 95.6 Å². The third kappa shape index (κ3) is 5.20. The van der Waals surface area contributed by atoms with E-state index in [2.05, 4.69) is 10.6 Å². The molecule has 3 aromatic carbocycles. The van der Waals surface area contributed by atoms with Gasteiger partial charge in [-0.2, -0.15) is 0 Å². The Hall–Kier alpha value is -3.60. The zero-order valence-electron chi connectivity index (χ0n) is 15.6. The fraction of sp³-hybridized carbons (Fsp3) is 0.130. The van der Waals surface area contributed by atoms with Crippen molar-refractivity contribution in [2.24, 2.45) is 0 Å². The van der Waals surface area contributed by atoms with Gasteiger partial charge in [0.05, 0.1) is 7.11 Å². The minimum atomic E-state index is -0.274. The second-order valence-corrected chi connectivity index (χ2v) is 6.25. The zero-order chi connectivity index (χ0) is 19.8. The normalized spacial score (nSPS) is 10.2. The number of benzene rings is 3. The molecule has 0 aliphatic carbocycles. The Morgan fingerprint density at radius 2 is 1.50 bits per heavy atom. The molecule has 0 aliphatic rings. The van der Waals surface area contributed by atoms with E-state index in [1.54, 1.807) is 55.6 Å². The van der Waals surface area contributed by atoms with Crippen LogP contribution in [0.15, 0.2) is 78.9 Å². The summed E-state index contributed by atoms with van der Waals surface area (Å²) in [6.45, 7) is 0.533. The van der Waals surface area contributed by atoms with Crippen molar-refractivity contribution < 1.29 is 14.3 Å². The number of nitrogens with one attached hydrogen (secondary N) is 2. The lowest BCUT2D eigenvalue weighted by Gasteiger charge is -2.09. The third-order valence-corrected chi connectivity index (χ3v) is 4.28. The van der Waals surface area contributed by atoms with Gasteiger partial charge in [0.2, 0.25) is 0 Å². The van der Waals surface area contributed by atoms with Crippen molar-refractivity contribution in [3.63, 3.8) is 0 Å². The van der Waals surface area contributed by atoms with Gasteiger partial charge in [-0.3, -0.25) is 9.59 Å². The summed E-state index contributed by atoms with van der Waals surface area (Å²) < 4.78 is 5.10. The Morgan fingerprint density at radius 3 is 2.18 bits per heavy atom. The molecular formula is C23H22N2O3. The Kier molecular flexibility index (Phi) is 6.41. The predicted octanol–water partition coefficient (Wildman–Crippen LogP) is 3.92. The number of rotatable bonds is 7. The quantitative estimate of drug-likeness (QED) is 0.659. The predicted molar refractivity (Wildman–Crippen MR) is 110 cm³/mol. The van der Waals surface area contributed by atoms with Crippen molar-refractivity contribution in [2.45, 2.75) is 6.42 Å². The highest BCUT2D eigenvalue weighted by Crippen LogP contribution is 2.16. The molecular weight excluding hydrogens is 352 g/mol. The lowest BCUT2D eigenvalue weighted by atomic mass is 10.1. The van der Waals surface area contributed by atoms with E-state index in [1.165, 1.54) is 0 Å². The van der Waals surface area contributed by atoms with Gasteiger partial charge in [0.15, 0.2) is 0 Å². The maximum Gasteiger partial charge on any atom is 0.255 e. The summed E-state index contributed by atoms with van der Waals surface area (Å²) in [5.74, 6) is 0.242. The van der Waals surface area contributed by atoms with Gasteiger partial charge >= 0.3 is 0 Å². The Balaban J connectivity index is 1.58. The summed E-state index contributed by atoms with van der Waals surface area (Å²) >= 11 is 0. The van der Waals surface area contributed by atoms with Crippen LogP contribution >= 0.6 is 0 Å². The monoisotopic (exact) mass is 374 g/mol. The van der Waals surface area contributed by atoms with E-state index < -0.39 is 0 Å². The van der Waals surface area contributed by atoms with Crippen molar-refractivity contribution in [2.75, 3.05) is 19.0 Å². The van der Waals surface area contributed by atoms with Gasteiger partial charge in [0, 0.05) is 23.4 Å². The van der Waals surface area contributed by atoms with Crippen molar-refractivity contribution in [1.82, 2.24) is 5.32 Å². The van der Waals surface area contributed by atoms with E-state index >= 15 is 0 Å². The summed E-state index contributed by atoms with van der Waals surface area (Å²) in [5, 5.41) is 5.71. The Labute approximate surface area is 164 Å². The van der Waals surface area contributed by atoms with Crippen LogP contribution in [0.2, 0.25) is 0 Å². The Bertz CT molecular complexity index is 938. The zero-order valence-corrected chi connectivity index (χ0v) is 15.6. The highest BCUT2D eigenvalue weighted by atomic mass is 16.5. The number of amides is 2.